The molecule has 4 atom stereocenters. The Kier molecular flexibility index (Phi) is 6.69. The summed E-state index contributed by atoms with van der Waals surface area (Å²) in [5.74, 6) is 1.45. The van der Waals surface area contributed by atoms with Crippen molar-refractivity contribution in [1.29, 1.82) is 0 Å². The fourth-order valence-electron chi connectivity index (χ4n) is 5.18. The molecule has 36 heavy (non-hydrogen) atoms. The van der Waals surface area contributed by atoms with Gasteiger partial charge in [-0.15, -0.1) is 0 Å². The molecule has 3 aromatic rings. The minimum absolute atomic E-state index is 0.00834. The van der Waals surface area contributed by atoms with Gasteiger partial charge in [-0.3, -0.25) is 4.57 Å². The predicted octanol–water partition coefficient (Wildman–Crippen LogP) is 3.99. The molecule has 5 rings (SSSR count). The van der Waals surface area contributed by atoms with Crippen LogP contribution in [0.1, 0.15) is 39.9 Å². The molecule has 11 heteroatoms. The fraction of sp³-hybridized carbons (Fsp3) is 0.560. The molecule has 0 bridgehead atoms. The summed E-state index contributed by atoms with van der Waals surface area (Å²) >= 11 is 0. The Morgan fingerprint density at radius 3 is 1.86 bits per heavy atom. The molecular weight excluding hydrogens is 470 g/mol. The number of ether oxygens (including phenoxy) is 3. The first kappa shape index (κ1) is 24.6. The Hall–Kier alpha value is -3.05. The summed E-state index contributed by atoms with van der Waals surface area (Å²) in [5.41, 5.74) is 0.799. The number of imidazole rings is 1. The Balaban J connectivity index is 1.70. The van der Waals surface area contributed by atoms with Gasteiger partial charge in [-0.05, 0) is 39.8 Å². The lowest BCUT2D eigenvalue weighted by atomic mass is 10.2. The van der Waals surface area contributed by atoms with Crippen molar-refractivity contribution in [3.05, 3.63) is 30.1 Å². The molecule has 0 saturated carbocycles. The highest BCUT2D eigenvalue weighted by molar-refractivity contribution is 5.84. The number of aromatic nitrogens is 4. The monoisotopic (exact) mass is 502 g/mol. The van der Waals surface area contributed by atoms with Crippen LogP contribution >= 0.6 is 0 Å². The van der Waals surface area contributed by atoms with Gasteiger partial charge < -0.3 is 24.0 Å². The summed E-state index contributed by atoms with van der Waals surface area (Å²) in [7, 11) is 1.49. The Labute approximate surface area is 209 Å². The molecule has 1 aromatic carbocycles. The van der Waals surface area contributed by atoms with E-state index in [1.54, 1.807) is 18.2 Å². The lowest BCUT2D eigenvalue weighted by molar-refractivity contribution is -0.00567. The number of hydrogen-bond donors (Lipinski definition) is 0. The van der Waals surface area contributed by atoms with Crippen molar-refractivity contribution in [1.82, 2.24) is 19.5 Å². The van der Waals surface area contributed by atoms with E-state index >= 15 is 0 Å². The van der Waals surface area contributed by atoms with Crippen LogP contribution in [-0.4, -0.2) is 77.2 Å². The molecule has 2 aliphatic heterocycles. The van der Waals surface area contributed by atoms with Crippen LogP contribution in [0.4, 0.5) is 20.4 Å². The third-order valence-electron chi connectivity index (χ3n) is 6.46. The summed E-state index contributed by atoms with van der Waals surface area (Å²) in [4.78, 5) is 18.1. The highest BCUT2D eigenvalue weighted by Crippen LogP contribution is 2.33. The normalized spacial score (nSPS) is 25.1. The molecule has 0 amide bonds. The van der Waals surface area contributed by atoms with E-state index in [2.05, 4.69) is 14.8 Å². The first-order valence-electron chi connectivity index (χ1n) is 12.3. The van der Waals surface area contributed by atoms with Gasteiger partial charge in [0.1, 0.15) is 22.9 Å². The maximum absolute atomic E-state index is 14.3. The van der Waals surface area contributed by atoms with Gasteiger partial charge in [0.2, 0.25) is 5.95 Å². The lowest BCUT2D eigenvalue weighted by Gasteiger charge is -2.38. The van der Waals surface area contributed by atoms with Crippen LogP contribution in [0.2, 0.25) is 0 Å². The van der Waals surface area contributed by atoms with Crippen LogP contribution < -0.4 is 14.5 Å². The molecule has 0 spiro atoms. The maximum Gasteiger partial charge on any atom is 0.296 e. The Morgan fingerprint density at radius 2 is 1.39 bits per heavy atom. The largest absolute Gasteiger partial charge is 0.494 e. The smallest absolute Gasteiger partial charge is 0.296 e. The van der Waals surface area contributed by atoms with Crippen LogP contribution in [0.25, 0.3) is 17.0 Å². The van der Waals surface area contributed by atoms with Gasteiger partial charge in [0, 0.05) is 32.2 Å². The topological polar surface area (TPSA) is 77.8 Å². The Bertz CT molecular complexity index is 1170. The average molecular weight is 503 g/mol. The molecule has 2 fully saturated rings. The first-order chi connectivity index (χ1) is 17.2. The molecule has 4 heterocycles. The molecule has 0 aliphatic carbocycles. The molecule has 194 valence electrons. The van der Waals surface area contributed by atoms with Gasteiger partial charge in [-0.25, -0.2) is 13.8 Å². The minimum Gasteiger partial charge on any atom is -0.494 e. The average Bonchev–Trinajstić information content (AvgIpc) is 3.23. The quantitative estimate of drug-likeness (QED) is 0.519. The number of methoxy groups -OCH3 is 1. The summed E-state index contributed by atoms with van der Waals surface area (Å²) in [6, 6.07) is 7.10. The number of nitrogens with zero attached hydrogens (tertiary/aromatic N) is 6. The molecule has 0 radical (unpaired) electrons. The van der Waals surface area contributed by atoms with Gasteiger partial charge in [0.15, 0.2) is 5.82 Å². The van der Waals surface area contributed by atoms with Crippen molar-refractivity contribution in [2.24, 2.45) is 0 Å². The van der Waals surface area contributed by atoms with Crippen LogP contribution in [0, 0.1) is 0 Å². The molecular formula is C25H32F2N6O3. The fourth-order valence-corrected chi connectivity index (χ4v) is 5.18. The van der Waals surface area contributed by atoms with Crippen molar-refractivity contribution >= 4 is 22.7 Å². The van der Waals surface area contributed by atoms with Gasteiger partial charge in [-0.1, -0.05) is 6.07 Å². The van der Waals surface area contributed by atoms with E-state index in [0.29, 0.717) is 54.6 Å². The second kappa shape index (κ2) is 9.78. The summed E-state index contributed by atoms with van der Waals surface area (Å²) < 4.78 is 47.1. The molecule has 0 unspecified atom stereocenters. The zero-order valence-electron chi connectivity index (χ0n) is 21.2. The zero-order valence-corrected chi connectivity index (χ0v) is 21.2. The van der Waals surface area contributed by atoms with Crippen molar-refractivity contribution in [2.75, 3.05) is 43.1 Å². The van der Waals surface area contributed by atoms with Gasteiger partial charge in [-0.2, -0.15) is 9.97 Å². The van der Waals surface area contributed by atoms with Crippen molar-refractivity contribution in [3.63, 3.8) is 0 Å². The van der Waals surface area contributed by atoms with E-state index in [1.807, 2.05) is 33.8 Å². The maximum atomic E-state index is 14.3. The number of rotatable bonds is 5. The highest BCUT2D eigenvalue weighted by Gasteiger charge is 2.30. The molecule has 2 aromatic heterocycles. The molecule has 0 N–H and O–H groups in total. The third kappa shape index (κ3) is 4.69. The lowest BCUT2D eigenvalue weighted by Crippen LogP contribution is -2.47. The second-order valence-corrected chi connectivity index (χ2v) is 9.64. The number of anilines is 2. The molecule has 9 nitrogen and oxygen atoms in total. The predicted molar refractivity (Wildman–Crippen MR) is 133 cm³/mol. The minimum atomic E-state index is -2.83. The van der Waals surface area contributed by atoms with Gasteiger partial charge in [0.25, 0.3) is 6.43 Å². The third-order valence-corrected chi connectivity index (χ3v) is 6.46. The Morgan fingerprint density at radius 1 is 0.861 bits per heavy atom. The van der Waals surface area contributed by atoms with E-state index in [-0.39, 0.29) is 30.4 Å². The highest BCUT2D eigenvalue weighted by atomic mass is 19.3. The van der Waals surface area contributed by atoms with Crippen LogP contribution in [0.15, 0.2) is 24.3 Å². The number of para-hydroxylation sites is 1. The second-order valence-electron chi connectivity index (χ2n) is 9.64. The van der Waals surface area contributed by atoms with Crippen molar-refractivity contribution in [2.45, 2.75) is 58.5 Å². The van der Waals surface area contributed by atoms with E-state index in [4.69, 9.17) is 24.2 Å². The SMILES string of the molecule is COc1cccc2c1nc(C(F)F)n2-c1nc(N2C[C@@H](C)O[C@@H](C)C2)cc(N2C[C@@H](C)O[C@@H](C)C2)n1. The number of alkyl halides is 2. The summed E-state index contributed by atoms with van der Waals surface area (Å²) in [5, 5.41) is 0. The number of halogens is 2. The number of fused-ring (bicyclic) bond motifs is 1. The number of benzene rings is 1. The van der Waals surface area contributed by atoms with E-state index in [9.17, 15) is 8.78 Å². The van der Waals surface area contributed by atoms with Crippen LogP contribution in [0.5, 0.6) is 5.75 Å². The molecule has 2 aliphatic rings. The van der Waals surface area contributed by atoms with Crippen molar-refractivity contribution < 1.29 is 23.0 Å². The number of hydrogen-bond acceptors (Lipinski definition) is 8. The van der Waals surface area contributed by atoms with Gasteiger partial charge in [0.05, 0.1) is 37.0 Å². The van der Waals surface area contributed by atoms with Crippen molar-refractivity contribution in [3.8, 4) is 11.7 Å². The first-order valence-corrected chi connectivity index (χ1v) is 12.3. The van der Waals surface area contributed by atoms with Crippen LogP contribution in [-0.2, 0) is 9.47 Å². The zero-order chi connectivity index (χ0) is 25.6. The standard InChI is InChI=1S/C25H32F2N6O3/c1-14-10-31(11-15(2)35-14)20-9-21(32-12-16(3)36-17(4)13-32)29-25(28-20)33-18-7-6-8-19(34-5)22(18)30-24(33)23(26)27/h6-9,14-17,23H,10-13H2,1-5H3/t14-,15+,16-,17+. The van der Waals surface area contributed by atoms with Gasteiger partial charge >= 0.3 is 0 Å². The summed E-state index contributed by atoms with van der Waals surface area (Å²) in [6.45, 7) is 10.6. The van der Waals surface area contributed by atoms with E-state index in [1.165, 1.54) is 11.7 Å². The van der Waals surface area contributed by atoms with Crippen LogP contribution in [0.3, 0.4) is 0 Å². The summed E-state index contributed by atoms with van der Waals surface area (Å²) in [6.07, 6.45) is -2.80. The molecule has 2 saturated heterocycles. The van der Waals surface area contributed by atoms with E-state index < -0.39 is 12.2 Å². The number of morpholine rings is 2. The van der Waals surface area contributed by atoms with E-state index in [0.717, 1.165) is 0 Å².